The standard InChI is InChI=1S/C15H20N2O2S2/c1-4-16-10-14-12(3)9-15(20-14)21(18,19)17-13-7-5-6-11(2)8-13/h5-9,16-17H,4,10H2,1-3H3. The summed E-state index contributed by atoms with van der Waals surface area (Å²) in [6, 6.07) is 9.07. The average molecular weight is 324 g/mol. The predicted octanol–water partition coefficient (Wildman–Crippen LogP) is 3.28. The van der Waals surface area contributed by atoms with Crippen LogP contribution in [0.3, 0.4) is 0 Å². The number of aryl methyl sites for hydroxylation is 2. The molecule has 21 heavy (non-hydrogen) atoms. The minimum atomic E-state index is -3.52. The molecule has 2 N–H and O–H groups in total. The van der Waals surface area contributed by atoms with Crippen molar-refractivity contribution in [2.24, 2.45) is 0 Å². The molecule has 0 spiro atoms. The van der Waals surface area contributed by atoms with Crippen LogP contribution in [-0.4, -0.2) is 15.0 Å². The Morgan fingerprint density at radius 3 is 2.62 bits per heavy atom. The van der Waals surface area contributed by atoms with Gasteiger partial charge in [0.1, 0.15) is 4.21 Å². The molecule has 114 valence electrons. The van der Waals surface area contributed by atoms with Crippen LogP contribution in [0.5, 0.6) is 0 Å². The van der Waals surface area contributed by atoms with E-state index in [2.05, 4.69) is 10.0 Å². The Balaban J connectivity index is 2.23. The summed E-state index contributed by atoms with van der Waals surface area (Å²) in [6.07, 6.45) is 0. The zero-order valence-corrected chi connectivity index (χ0v) is 14.1. The highest BCUT2D eigenvalue weighted by molar-refractivity contribution is 7.94. The fraction of sp³-hybridized carbons (Fsp3) is 0.333. The van der Waals surface area contributed by atoms with Crippen LogP contribution in [0, 0.1) is 13.8 Å². The number of hydrogen-bond acceptors (Lipinski definition) is 4. The summed E-state index contributed by atoms with van der Waals surface area (Å²) in [6.45, 7) is 7.46. The SMILES string of the molecule is CCNCc1sc(S(=O)(=O)Nc2cccc(C)c2)cc1C. The van der Waals surface area contributed by atoms with Crippen LogP contribution in [0.2, 0.25) is 0 Å². The van der Waals surface area contributed by atoms with E-state index in [1.807, 2.05) is 39.0 Å². The maximum atomic E-state index is 12.4. The summed E-state index contributed by atoms with van der Waals surface area (Å²) in [4.78, 5) is 1.06. The van der Waals surface area contributed by atoms with Crippen molar-refractivity contribution < 1.29 is 8.42 Å². The Bertz CT molecular complexity index is 721. The van der Waals surface area contributed by atoms with E-state index in [-0.39, 0.29) is 0 Å². The van der Waals surface area contributed by atoms with E-state index < -0.39 is 10.0 Å². The fourth-order valence-corrected chi connectivity index (χ4v) is 4.56. The first kappa shape index (κ1) is 16.0. The minimum absolute atomic E-state index is 0.356. The third-order valence-corrected chi connectivity index (χ3v) is 6.16. The van der Waals surface area contributed by atoms with Crippen molar-refractivity contribution in [1.29, 1.82) is 0 Å². The molecule has 6 heteroatoms. The molecule has 4 nitrogen and oxygen atoms in total. The van der Waals surface area contributed by atoms with Crippen LogP contribution in [0.25, 0.3) is 0 Å². The fourth-order valence-electron chi connectivity index (χ4n) is 1.95. The molecule has 0 unspecified atom stereocenters. The normalized spacial score (nSPS) is 11.6. The van der Waals surface area contributed by atoms with E-state index in [9.17, 15) is 8.42 Å². The molecule has 0 bridgehead atoms. The van der Waals surface area contributed by atoms with E-state index in [4.69, 9.17) is 0 Å². The third kappa shape index (κ3) is 4.06. The Hall–Kier alpha value is -1.37. The van der Waals surface area contributed by atoms with Gasteiger partial charge in [0.25, 0.3) is 10.0 Å². The van der Waals surface area contributed by atoms with Gasteiger partial charge in [-0.3, -0.25) is 4.72 Å². The third-order valence-electron chi connectivity index (χ3n) is 3.07. The van der Waals surface area contributed by atoms with Crippen molar-refractivity contribution >= 4 is 27.0 Å². The van der Waals surface area contributed by atoms with Gasteiger partial charge in [-0.1, -0.05) is 19.1 Å². The smallest absolute Gasteiger partial charge is 0.271 e. The largest absolute Gasteiger partial charge is 0.312 e. The maximum Gasteiger partial charge on any atom is 0.271 e. The molecule has 2 rings (SSSR count). The first-order chi connectivity index (χ1) is 9.92. The Kier molecular flexibility index (Phi) is 5.03. The summed E-state index contributed by atoms with van der Waals surface area (Å²) < 4.78 is 27.9. The van der Waals surface area contributed by atoms with Gasteiger partial charge in [0, 0.05) is 17.1 Å². The van der Waals surface area contributed by atoms with Crippen molar-refractivity contribution in [2.75, 3.05) is 11.3 Å². The molecule has 0 saturated carbocycles. The lowest BCUT2D eigenvalue weighted by molar-refractivity contribution is 0.603. The maximum absolute atomic E-state index is 12.4. The van der Waals surface area contributed by atoms with Gasteiger partial charge < -0.3 is 5.32 Å². The van der Waals surface area contributed by atoms with Gasteiger partial charge in [-0.25, -0.2) is 8.42 Å². The molecule has 0 aliphatic rings. The van der Waals surface area contributed by atoms with Gasteiger partial charge in [-0.15, -0.1) is 11.3 Å². The molecular weight excluding hydrogens is 304 g/mol. The number of rotatable bonds is 6. The summed E-state index contributed by atoms with van der Waals surface area (Å²) in [5.74, 6) is 0. The molecule has 0 saturated heterocycles. The van der Waals surface area contributed by atoms with Gasteiger partial charge in [0.05, 0.1) is 0 Å². The van der Waals surface area contributed by atoms with Crippen LogP contribution >= 0.6 is 11.3 Å². The molecule has 1 aromatic carbocycles. The highest BCUT2D eigenvalue weighted by Gasteiger charge is 2.19. The second kappa shape index (κ2) is 6.60. The van der Waals surface area contributed by atoms with Crippen molar-refractivity contribution in [1.82, 2.24) is 5.32 Å². The highest BCUT2D eigenvalue weighted by Crippen LogP contribution is 2.27. The molecule has 0 atom stereocenters. The van der Waals surface area contributed by atoms with E-state index in [1.165, 1.54) is 11.3 Å². The van der Waals surface area contributed by atoms with E-state index in [0.717, 1.165) is 22.5 Å². The van der Waals surface area contributed by atoms with Crippen molar-refractivity contribution in [3.8, 4) is 0 Å². The summed E-state index contributed by atoms with van der Waals surface area (Å²) in [7, 11) is -3.52. The summed E-state index contributed by atoms with van der Waals surface area (Å²) >= 11 is 1.32. The molecular formula is C15H20N2O2S2. The van der Waals surface area contributed by atoms with Gasteiger partial charge >= 0.3 is 0 Å². The van der Waals surface area contributed by atoms with Crippen molar-refractivity contribution in [2.45, 2.75) is 31.5 Å². The van der Waals surface area contributed by atoms with Crippen molar-refractivity contribution in [3.63, 3.8) is 0 Å². The van der Waals surface area contributed by atoms with Gasteiger partial charge in [-0.2, -0.15) is 0 Å². The predicted molar refractivity (Wildman–Crippen MR) is 88.4 cm³/mol. The molecule has 0 radical (unpaired) electrons. The molecule has 0 aliphatic heterocycles. The van der Waals surface area contributed by atoms with Crippen LogP contribution < -0.4 is 10.0 Å². The van der Waals surface area contributed by atoms with Gasteiger partial charge in [-0.05, 0) is 49.7 Å². The van der Waals surface area contributed by atoms with Gasteiger partial charge in [0.2, 0.25) is 0 Å². The minimum Gasteiger partial charge on any atom is -0.312 e. The van der Waals surface area contributed by atoms with E-state index in [1.54, 1.807) is 12.1 Å². The van der Waals surface area contributed by atoms with E-state index >= 15 is 0 Å². The Morgan fingerprint density at radius 1 is 1.19 bits per heavy atom. The first-order valence-corrected chi connectivity index (χ1v) is 9.12. The molecule has 1 aromatic heterocycles. The number of sulfonamides is 1. The molecule has 0 aliphatic carbocycles. The van der Waals surface area contributed by atoms with Crippen LogP contribution in [0.15, 0.2) is 34.5 Å². The molecule has 1 heterocycles. The number of anilines is 1. The number of nitrogens with one attached hydrogen (secondary N) is 2. The zero-order chi connectivity index (χ0) is 15.5. The number of benzene rings is 1. The lowest BCUT2D eigenvalue weighted by Gasteiger charge is -2.06. The Labute approximate surface area is 130 Å². The second-order valence-corrected chi connectivity index (χ2v) is 7.97. The molecule has 2 aromatic rings. The highest BCUT2D eigenvalue weighted by atomic mass is 32.2. The van der Waals surface area contributed by atoms with Crippen LogP contribution in [0.1, 0.15) is 22.9 Å². The van der Waals surface area contributed by atoms with Gasteiger partial charge in [0.15, 0.2) is 0 Å². The lowest BCUT2D eigenvalue weighted by atomic mass is 10.2. The summed E-state index contributed by atoms with van der Waals surface area (Å²) in [5, 5.41) is 3.22. The first-order valence-electron chi connectivity index (χ1n) is 6.82. The van der Waals surface area contributed by atoms with Crippen LogP contribution in [-0.2, 0) is 16.6 Å². The molecule has 0 amide bonds. The Morgan fingerprint density at radius 2 is 1.95 bits per heavy atom. The topological polar surface area (TPSA) is 58.2 Å². The quantitative estimate of drug-likeness (QED) is 0.857. The number of hydrogen-bond donors (Lipinski definition) is 2. The van der Waals surface area contributed by atoms with Crippen LogP contribution in [0.4, 0.5) is 5.69 Å². The zero-order valence-electron chi connectivity index (χ0n) is 12.4. The second-order valence-electron chi connectivity index (χ2n) is 4.93. The van der Waals surface area contributed by atoms with E-state index in [0.29, 0.717) is 16.4 Å². The lowest BCUT2D eigenvalue weighted by Crippen LogP contribution is -2.12. The summed E-state index contributed by atoms with van der Waals surface area (Å²) in [5.41, 5.74) is 2.62. The average Bonchev–Trinajstić information content (AvgIpc) is 2.78. The molecule has 0 fully saturated rings. The number of thiophene rings is 1. The monoisotopic (exact) mass is 324 g/mol. The van der Waals surface area contributed by atoms with Crippen molar-refractivity contribution in [3.05, 3.63) is 46.3 Å².